The average Bonchev–Trinajstić information content (AvgIpc) is 2.56. The van der Waals surface area contributed by atoms with Crippen molar-refractivity contribution in [3.8, 4) is 5.75 Å². The average molecular weight is 335 g/mol. The molecule has 0 aliphatic rings. The Bertz CT molecular complexity index is 629. The van der Waals surface area contributed by atoms with Gasteiger partial charge < -0.3 is 20.0 Å². The number of nitrogens with one attached hydrogen (secondary N) is 1. The third-order valence-electron chi connectivity index (χ3n) is 2.46. The van der Waals surface area contributed by atoms with Crippen molar-refractivity contribution in [2.75, 3.05) is 12.4 Å². The molecule has 10 heteroatoms. The Hall–Kier alpha value is -2.33. The van der Waals surface area contributed by atoms with Crippen molar-refractivity contribution in [2.45, 2.75) is 0 Å². The molecule has 0 saturated carbocycles. The molecule has 124 valence electrons. The first-order chi connectivity index (χ1) is 10.8. The molecule has 23 heavy (non-hydrogen) atoms. The van der Waals surface area contributed by atoms with Gasteiger partial charge in [-0.25, -0.2) is 13.2 Å². The summed E-state index contributed by atoms with van der Waals surface area (Å²) in [6, 6.07) is 10.1. The molecular weight excluding hydrogens is 324 g/mol. The minimum absolute atomic E-state index is 1.16. The highest BCUT2D eigenvalue weighted by Crippen LogP contribution is 2.28. The van der Waals surface area contributed by atoms with Crippen molar-refractivity contribution >= 4 is 13.0 Å². The molecule has 2 aromatic rings. The fourth-order valence-corrected chi connectivity index (χ4v) is 1.40. The topological polar surface area (TPSA) is 61.7 Å². The van der Waals surface area contributed by atoms with E-state index in [0.717, 1.165) is 5.69 Å². The third kappa shape index (κ3) is 4.83. The van der Waals surface area contributed by atoms with Crippen LogP contribution < -0.4 is 9.97 Å². The van der Waals surface area contributed by atoms with Crippen LogP contribution in [0.3, 0.4) is 0 Å². The van der Waals surface area contributed by atoms with Crippen LogP contribution in [-0.2, 0) is 0 Å². The standard InChI is InChI=1S/C7H9N.C6H2BF5O3/c1-8-7-5-3-2-4-6-7;8-1-2(9)4(11)6(15-7(13)14)5(12)3(1)10/h2-6,8H,1H3;13-14H. The van der Waals surface area contributed by atoms with Gasteiger partial charge in [-0.3, -0.25) is 0 Å². The number of halogens is 5. The van der Waals surface area contributed by atoms with Crippen molar-refractivity contribution in [3.63, 3.8) is 0 Å². The summed E-state index contributed by atoms with van der Waals surface area (Å²) in [5.74, 6) is -13.1. The molecule has 0 fully saturated rings. The molecule has 2 aromatic carbocycles. The Morgan fingerprint density at radius 1 is 0.826 bits per heavy atom. The summed E-state index contributed by atoms with van der Waals surface area (Å²) in [5.41, 5.74) is 1.16. The summed E-state index contributed by atoms with van der Waals surface area (Å²) in [6.45, 7) is 0. The van der Waals surface area contributed by atoms with Gasteiger partial charge >= 0.3 is 7.32 Å². The van der Waals surface area contributed by atoms with E-state index in [1.54, 1.807) is 0 Å². The quantitative estimate of drug-likeness (QED) is 0.349. The molecule has 0 aromatic heterocycles. The lowest BCUT2D eigenvalue weighted by molar-refractivity contribution is 0.263. The molecule has 0 spiro atoms. The number of rotatable bonds is 3. The highest BCUT2D eigenvalue weighted by Gasteiger charge is 2.29. The summed E-state index contributed by atoms with van der Waals surface area (Å²) in [6.07, 6.45) is 0. The molecule has 0 aliphatic carbocycles. The normalized spacial score (nSPS) is 9.74. The number of benzene rings is 2. The van der Waals surface area contributed by atoms with E-state index < -0.39 is 42.2 Å². The van der Waals surface area contributed by atoms with Gasteiger partial charge in [-0.2, -0.15) is 8.78 Å². The largest absolute Gasteiger partial charge is 0.707 e. The summed E-state index contributed by atoms with van der Waals surface area (Å²) < 4.78 is 66.3. The molecule has 0 atom stereocenters. The summed E-state index contributed by atoms with van der Waals surface area (Å²) >= 11 is 0. The highest BCUT2D eigenvalue weighted by atomic mass is 19.2. The lowest BCUT2D eigenvalue weighted by atomic mass is 10.2. The molecule has 0 radical (unpaired) electrons. The zero-order chi connectivity index (χ0) is 17.6. The fraction of sp³-hybridized carbons (Fsp3) is 0.0769. The van der Waals surface area contributed by atoms with Crippen LogP contribution in [0.15, 0.2) is 30.3 Å². The lowest BCUT2D eigenvalue weighted by Crippen LogP contribution is -2.23. The zero-order valence-corrected chi connectivity index (χ0v) is 11.7. The van der Waals surface area contributed by atoms with Crippen LogP contribution in [0.25, 0.3) is 0 Å². The molecule has 2 rings (SSSR count). The van der Waals surface area contributed by atoms with E-state index in [2.05, 4.69) is 9.97 Å². The van der Waals surface area contributed by atoms with Crippen LogP contribution >= 0.6 is 0 Å². The van der Waals surface area contributed by atoms with Crippen molar-refractivity contribution in [2.24, 2.45) is 0 Å². The summed E-state index contributed by atoms with van der Waals surface area (Å²) in [5, 5.41) is 19.4. The van der Waals surface area contributed by atoms with Gasteiger partial charge in [-0.05, 0) is 12.1 Å². The maximum absolute atomic E-state index is 12.7. The second-order valence-corrected chi connectivity index (χ2v) is 3.96. The predicted molar refractivity (Wildman–Crippen MR) is 73.0 cm³/mol. The number of hydrogen-bond donors (Lipinski definition) is 3. The van der Waals surface area contributed by atoms with Gasteiger partial charge in [0.05, 0.1) is 0 Å². The van der Waals surface area contributed by atoms with Crippen molar-refractivity contribution in [3.05, 3.63) is 59.4 Å². The van der Waals surface area contributed by atoms with Crippen LogP contribution in [0, 0.1) is 29.1 Å². The Balaban J connectivity index is 0.000000277. The maximum atomic E-state index is 12.7. The van der Waals surface area contributed by atoms with Gasteiger partial charge in [0.1, 0.15) is 0 Å². The Kier molecular flexibility index (Phi) is 6.79. The monoisotopic (exact) mass is 335 g/mol. The van der Waals surface area contributed by atoms with Crippen molar-refractivity contribution in [1.82, 2.24) is 0 Å². The van der Waals surface area contributed by atoms with E-state index in [1.807, 2.05) is 37.4 Å². The van der Waals surface area contributed by atoms with Crippen LogP contribution in [0.4, 0.5) is 27.6 Å². The minimum Gasteiger partial charge on any atom is -0.507 e. The number of hydrogen-bond acceptors (Lipinski definition) is 4. The van der Waals surface area contributed by atoms with Gasteiger partial charge in [-0.15, -0.1) is 0 Å². The molecule has 0 aliphatic heterocycles. The molecule has 0 heterocycles. The van der Waals surface area contributed by atoms with Gasteiger partial charge in [0.2, 0.25) is 29.1 Å². The Labute approximate surface area is 128 Å². The van der Waals surface area contributed by atoms with Gasteiger partial charge in [-0.1, -0.05) is 18.2 Å². The highest BCUT2D eigenvalue weighted by molar-refractivity contribution is 6.33. The van der Waals surface area contributed by atoms with Crippen molar-refractivity contribution < 1.29 is 36.7 Å². The second-order valence-electron chi connectivity index (χ2n) is 3.96. The number of anilines is 1. The van der Waals surface area contributed by atoms with E-state index in [9.17, 15) is 22.0 Å². The van der Waals surface area contributed by atoms with Crippen LogP contribution in [-0.4, -0.2) is 24.4 Å². The molecule has 3 N–H and O–H groups in total. The van der Waals surface area contributed by atoms with Crippen LogP contribution in [0.2, 0.25) is 0 Å². The molecule has 0 unspecified atom stereocenters. The maximum Gasteiger partial charge on any atom is 0.707 e. The van der Waals surface area contributed by atoms with Crippen LogP contribution in [0.5, 0.6) is 5.75 Å². The van der Waals surface area contributed by atoms with Gasteiger partial charge in [0, 0.05) is 12.7 Å². The first kappa shape index (κ1) is 18.7. The van der Waals surface area contributed by atoms with E-state index in [0.29, 0.717) is 0 Å². The molecular formula is C13H11BF5NO3. The molecule has 0 saturated heterocycles. The van der Waals surface area contributed by atoms with E-state index in [-0.39, 0.29) is 0 Å². The Morgan fingerprint density at radius 3 is 1.61 bits per heavy atom. The zero-order valence-electron chi connectivity index (χ0n) is 11.7. The summed E-state index contributed by atoms with van der Waals surface area (Å²) in [7, 11) is -0.784. The molecule has 4 nitrogen and oxygen atoms in total. The molecule has 0 bridgehead atoms. The van der Waals surface area contributed by atoms with Crippen molar-refractivity contribution in [1.29, 1.82) is 0 Å². The third-order valence-corrected chi connectivity index (χ3v) is 2.46. The summed E-state index contributed by atoms with van der Waals surface area (Å²) in [4.78, 5) is 0. The first-order valence-corrected chi connectivity index (χ1v) is 6.06. The smallest absolute Gasteiger partial charge is 0.507 e. The Morgan fingerprint density at radius 2 is 1.26 bits per heavy atom. The van der Waals surface area contributed by atoms with Gasteiger partial charge in [0.15, 0.2) is 5.75 Å². The molecule has 0 amide bonds. The van der Waals surface area contributed by atoms with E-state index in [1.165, 1.54) is 0 Å². The SMILES string of the molecule is CNc1ccccc1.OB(O)Oc1c(F)c(F)c(F)c(F)c1F. The predicted octanol–water partition coefficient (Wildman–Crippen LogP) is 2.46. The van der Waals surface area contributed by atoms with Gasteiger partial charge in [0.25, 0.3) is 0 Å². The first-order valence-electron chi connectivity index (χ1n) is 6.06. The fourth-order valence-electron chi connectivity index (χ4n) is 1.40. The lowest BCUT2D eigenvalue weighted by Gasteiger charge is -2.08. The van der Waals surface area contributed by atoms with Crippen LogP contribution in [0.1, 0.15) is 0 Å². The van der Waals surface area contributed by atoms with E-state index in [4.69, 9.17) is 10.0 Å². The minimum atomic E-state index is -2.70. The second kappa shape index (κ2) is 8.35. The van der Waals surface area contributed by atoms with E-state index >= 15 is 0 Å². The number of para-hydroxylation sites is 1.